The van der Waals surface area contributed by atoms with E-state index in [1.54, 1.807) is 0 Å². The molecule has 0 fully saturated rings. The number of hydrogen-bond donors (Lipinski definition) is 0. The molecule has 0 aromatic heterocycles. The first-order valence-electron chi connectivity index (χ1n) is 1.22. The third-order valence-corrected chi connectivity index (χ3v) is 0.405. The number of halogens is 1. The maximum atomic E-state index is 11.2. The van der Waals surface area contributed by atoms with Crippen molar-refractivity contribution < 1.29 is 4.39 Å². The third-order valence-electron chi connectivity index (χ3n) is 0.194. The zero-order chi connectivity index (χ0) is 4.28. The lowest BCUT2D eigenvalue weighted by Crippen LogP contribution is -1.70. The molecular formula is C3H4FP. The van der Waals surface area contributed by atoms with Crippen molar-refractivity contribution >= 4 is 9.24 Å². The molecule has 1 unspecified atom stereocenters. The molecule has 0 heterocycles. The maximum absolute atomic E-state index is 11.2. The Bertz CT molecular complexity index is 33.9. The molecule has 0 aliphatic heterocycles. The average molecular weight is 90.0 g/mol. The highest BCUT2D eigenvalue weighted by atomic mass is 31.0. The summed E-state index contributed by atoms with van der Waals surface area (Å²) in [4.78, 5) is 0. The largest absolute Gasteiger partial charge is 0.237 e. The first-order chi connectivity index (χ1) is 2.27. The summed E-state index contributed by atoms with van der Waals surface area (Å²) in [6, 6.07) is 0. The Balaban J connectivity index is 2.83. The van der Waals surface area contributed by atoms with E-state index in [1.807, 2.05) is 0 Å². The van der Waals surface area contributed by atoms with Gasteiger partial charge in [-0.25, -0.2) is 4.39 Å². The van der Waals surface area contributed by atoms with E-state index in [-0.39, 0.29) is 0 Å². The van der Waals surface area contributed by atoms with Crippen LogP contribution in [0, 0.1) is 0 Å². The summed E-state index contributed by atoms with van der Waals surface area (Å²) in [7, 11) is 3.31. The van der Waals surface area contributed by atoms with E-state index >= 15 is 0 Å². The predicted octanol–water partition coefficient (Wildman–Crippen LogP) is 1.88. The molecule has 0 aromatic carbocycles. The third kappa shape index (κ3) is 4.10. The topological polar surface area (TPSA) is 0 Å². The van der Waals surface area contributed by atoms with Gasteiger partial charge in [0.15, 0.2) is 0 Å². The van der Waals surface area contributed by atoms with Gasteiger partial charge in [-0.3, -0.25) is 0 Å². The molecule has 0 aliphatic carbocycles. The van der Waals surface area contributed by atoms with Crippen LogP contribution in [0.5, 0.6) is 0 Å². The number of rotatable bonds is 1. The fourth-order valence-corrected chi connectivity index (χ4v) is 0. The normalized spacial score (nSPS) is 14.0. The predicted molar refractivity (Wildman–Crippen MR) is 22.0 cm³/mol. The molecule has 1 atom stereocenters. The second-order valence-corrected chi connectivity index (χ2v) is 1.10. The Morgan fingerprint density at radius 3 is 2.20 bits per heavy atom. The van der Waals surface area contributed by atoms with Gasteiger partial charge in [-0.1, -0.05) is 12.7 Å². The highest BCUT2D eigenvalue weighted by molar-refractivity contribution is 7.17. The van der Waals surface area contributed by atoms with Crippen LogP contribution < -0.4 is 0 Å². The Morgan fingerprint density at radius 1 is 2.00 bits per heavy atom. The van der Waals surface area contributed by atoms with E-state index in [0.29, 0.717) is 0 Å². The fourth-order valence-electron chi connectivity index (χ4n) is 0. The van der Waals surface area contributed by atoms with Crippen molar-refractivity contribution in [2.45, 2.75) is 5.91 Å². The molecule has 0 aromatic rings. The molecule has 0 saturated carbocycles. The van der Waals surface area contributed by atoms with Gasteiger partial charge in [0.25, 0.3) is 0 Å². The van der Waals surface area contributed by atoms with E-state index in [2.05, 4.69) is 15.8 Å². The SMILES string of the molecule is C=CC(F)[P]. The molecule has 0 spiro atoms. The van der Waals surface area contributed by atoms with Crippen molar-refractivity contribution in [3.63, 3.8) is 0 Å². The summed E-state index contributed by atoms with van der Waals surface area (Å²) in [5.74, 6) is -1.16. The molecule has 2 radical (unpaired) electrons. The molecule has 0 rings (SSSR count). The lowest BCUT2D eigenvalue weighted by Gasteiger charge is -1.77. The molecule has 0 aliphatic rings. The van der Waals surface area contributed by atoms with Crippen LogP contribution in [-0.2, 0) is 0 Å². The second kappa shape index (κ2) is 2.34. The van der Waals surface area contributed by atoms with E-state index in [0.717, 1.165) is 6.08 Å². The molecule has 0 bridgehead atoms. The molecule has 0 saturated heterocycles. The lowest BCUT2D eigenvalue weighted by molar-refractivity contribution is 0.520. The van der Waals surface area contributed by atoms with Crippen molar-refractivity contribution in [1.82, 2.24) is 0 Å². The lowest BCUT2D eigenvalue weighted by atomic mass is 10.7. The summed E-state index contributed by atoms with van der Waals surface area (Å²) in [6.07, 6.45) is 1.11. The van der Waals surface area contributed by atoms with Crippen molar-refractivity contribution in [2.24, 2.45) is 0 Å². The van der Waals surface area contributed by atoms with Crippen LogP contribution in [0.25, 0.3) is 0 Å². The minimum atomic E-state index is -1.16. The average Bonchev–Trinajstić information content (AvgIpc) is 1.38. The van der Waals surface area contributed by atoms with Crippen LogP contribution in [0.2, 0.25) is 0 Å². The van der Waals surface area contributed by atoms with E-state index in [9.17, 15) is 4.39 Å². The number of allylic oxidation sites excluding steroid dienone is 1. The minimum absolute atomic E-state index is 1.11. The van der Waals surface area contributed by atoms with Crippen LogP contribution in [0.4, 0.5) is 4.39 Å². The Hall–Kier alpha value is 0.100. The van der Waals surface area contributed by atoms with Crippen molar-refractivity contribution in [3.8, 4) is 0 Å². The molecule has 28 valence electrons. The van der Waals surface area contributed by atoms with E-state index in [1.165, 1.54) is 0 Å². The maximum Gasteiger partial charge on any atom is 0.145 e. The van der Waals surface area contributed by atoms with Gasteiger partial charge in [0.1, 0.15) is 5.91 Å². The summed E-state index contributed by atoms with van der Waals surface area (Å²) in [5, 5.41) is 0. The number of hydrogen-bond acceptors (Lipinski definition) is 0. The van der Waals surface area contributed by atoms with Crippen LogP contribution in [0.15, 0.2) is 12.7 Å². The zero-order valence-corrected chi connectivity index (χ0v) is 3.58. The van der Waals surface area contributed by atoms with Gasteiger partial charge in [-0.2, -0.15) is 0 Å². The van der Waals surface area contributed by atoms with E-state index < -0.39 is 5.91 Å². The smallest absolute Gasteiger partial charge is 0.145 e. The molecule has 0 N–H and O–H groups in total. The van der Waals surface area contributed by atoms with Crippen molar-refractivity contribution in [1.29, 1.82) is 0 Å². The van der Waals surface area contributed by atoms with Gasteiger partial charge in [-0.05, 0) is 0 Å². The van der Waals surface area contributed by atoms with Gasteiger partial charge < -0.3 is 0 Å². The molecule has 0 amide bonds. The standard InChI is InChI=1S/C3H4FP/c1-2-3(4)5/h2-3H,1H2. The first kappa shape index (κ1) is 5.10. The summed E-state index contributed by atoms with van der Waals surface area (Å²) in [5.41, 5.74) is 0. The number of alkyl halides is 1. The van der Waals surface area contributed by atoms with Crippen molar-refractivity contribution in [3.05, 3.63) is 12.7 Å². The summed E-state index contributed by atoms with van der Waals surface area (Å²) < 4.78 is 11.2. The van der Waals surface area contributed by atoms with Crippen LogP contribution in [0.3, 0.4) is 0 Å². The molecular weight excluding hydrogens is 86.0 g/mol. The van der Waals surface area contributed by atoms with Gasteiger partial charge >= 0.3 is 0 Å². The molecule has 5 heavy (non-hydrogen) atoms. The van der Waals surface area contributed by atoms with Gasteiger partial charge in [-0.15, -0.1) is 0 Å². The quantitative estimate of drug-likeness (QED) is 0.340. The Labute approximate surface area is 33.3 Å². The molecule has 0 nitrogen and oxygen atoms in total. The van der Waals surface area contributed by atoms with Crippen LogP contribution >= 0.6 is 9.24 Å². The zero-order valence-electron chi connectivity index (χ0n) is 2.69. The minimum Gasteiger partial charge on any atom is -0.237 e. The highest BCUT2D eigenvalue weighted by Crippen LogP contribution is 1.98. The first-order valence-corrected chi connectivity index (χ1v) is 1.73. The monoisotopic (exact) mass is 90.0 g/mol. The van der Waals surface area contributed by atoms with Gasteiger partial charge in [0.2, 0.25) is 0 Å². The summed E-state index contributed by atoms with van der Waals surface area (Å²) >= 11 is 0. The fraction of sp³-hybridized carbons (Fsp3) is 0.333. The Morgan fingerprint density at radius 2 is 2.20 bits per heavy atom. The summed E-state index contributed by atoms with van der Waals surface area (Å²) in [6.45, 7) is 3.11. The van der Waals surface area contributed by atoms with Crippen LogP contribution in [-0.4, -0.2) is 5.91 Å². The second-order valence-electron chi connectivity index (χ2n) is 0.608. The molecule has 2 heteroatoms. The van der Waals surface area contributed by atoms with Crippen LogP contribution in [0.1, 0.15) is 0 Å². The van der Waals surface area contributed by atoms with Crippen molar-refractivity contribution in [2.75, 3.05) is 0 Å². The Kier molecular flexibility index (Phi) is 2.39. The van der Waals surface area contributed by atoms with Gasteiger partial charge in [0.05, 0.1) is 0 Å². The van der Waals surface area contributed by atoms with Gasteiger partial charge in [0, 0.05) is 9.24 Å². The highest BCUT2D eigenvalue weighted by Gasteiger charge is 1.81. The van der Waals surface area contributed by atoms with E-state index in [4.69, 9.17) is 0 Å².